The first kappa shape index (κ1) is 20.9. The van der Waals surface area contributed by atoms with Crippen molar-refractivity contribution in [2.45, 2.75) is 39.5 Å². The van der Waals surface area contributed by atoms with Crippen LogP contribution in [0.3, 0.4) is 0 Å². The first-order chi connectivity index (χ1) is 11.6. The number of nitrogens with one attached hydrogen (secondary N) is 1. The normalized spacial score (nSPS) is 10.9. The van der Waals surface area contributed by atoms with E-state index in [-0.39, 0.29) is 18.7 Å². The second-order valence-electron chi connectivity index (χ2n) is 5.76. The van der Waals surface area contributed by atoms with Crippen molar-refractivity contribution in [1.29, 1.82) is 0 Å². The molecule has 1 aromatic rings. The molecule has 0 aliphatic rings. The average molecular weight is 367 g/mol. The van der Waals surface area contributed by atoms with Gasteiger partial charge >= 0.3 is 5.97 Å². The SMILES string of the molecule is CC(C)CCNC(=O)CCCC(=O)Oc1c(F)c(F)c(F)c(F)c1F. The summed E-state index contributed by atoms with van der Waals surface area (Å²) in [6.07, 6.45) is 0.331. The summed E-state index contributed by atoms with van der Waals surface area (Å²) in [6.45, 7) is 4.45. The van der Waals surface area contributed by atoms with E-state index in [4.69, 9.17) is 0 Å². The summed E-state index contributed by atoms with van der Waals surface area (Å²) < 4.78 is 69.8. The molecule has 0 spiro atoms. The van der Waals surface area contributed by atoms with Gasteiger partial charge in [0.25, 0.3) is 0 Å². The fourth-order valence-electron chi connectivity index (χ4n) is 1.82. The predicted octanol–water partition coefficient (Wildman–Crippen LogP) is 3.62. The predicted molar refractivity (Wildman–Crippen MR) is 78.2 cm³/mol. The van der Waals surface area contributed by atoms with E-state index in [0.29, 0.717) is 12.5 Å². The molecular formula is C16H18F5NO3. The lowest BCUT2D eigenvalue weighted by Gasteiger charge is -2.09. The Kier molecular flexibility index (Phi) is 7.79. The number of carbonyl (C=O) groups is 2. The van der Waals surface area contributed by atoms with Crippen LogP contribution in [0.1, 0.15) is 39.5 Å². The Morgan fingerprint density at radius 1 is 0.920 bits per heavy atom. The number of amides is 1. The third-order valence-corrected chi connectivity index (χ3v) is 3.21. The van der Waals surface area contributed by atoms with Crippen LogP contribution in [0.4, 0.5) is 22.0 Å². The van der Waals surface area contributed by atoms with Gasteiger partial charge in [0.05, 0.1) is 0 Å². The van der Waals surface area contributed by atoms with Crippen LogP contribution in [0, 0.1) is 35.0 Å². The molecule has 140 valence electrons. The zero-order valence-corrected chi connectivity index (χ0v) is 13.7. The lowest BCUT2D eigenvalue weighted by atomic mass is 10.1. The van der Waals surface area contributed by atoms with Crippen molar-refractivity contribution in [1.82, 2.24) is 5.32 Å². The number of hydrogen-bond donors (Lipinski definition) is 1. The second-order valence-corrected chi connectivity index (χ2v) is 5.76. The van der Waals surface area contributed by atoms with Gasteiger partial charge in [-0.25, -0.2) is 13.2 Å². The molecule has 1 rings (SSSR count). The Bertz CT molecular complexity index is 620. The summed E-state index contributed by atoms with van der Waals surface area (Å²) in [5.74, 6) is -14.0. The van der Waals surface area contributed by atoms with E-state index in [0.717, 1.165) is 6.42 Å². The van der Waals surface area contributed by atoms with Crippen LogP contribution in [0.5, 0.6) is 5.75 Å². The molecule has 0 heterocycles. The fraction of sp³-hybridized carbons (Fsp3) is 0.500. The molecule has 1 N–H and O–H groups in total. The molecule has 0 aromatic heterocycles. The highest BCUT2D eigenvalue weighted by Crippen LogP contribution is 2.29. The summed E-state index contributed by atoms with van der Waals surface area (Å²) in [5.41, 5.74) is 0. The van der Waals surface area contributed by atoms with Gasteiger partial charge in [-0.15, -0.1) is 0 Å². The van der Waals surface area contributed by atoms with Crippen LogP contribution >= 0.6 is 0 Å². The highest BCUT2D eigenvalue weighted by molar-refractivity contribution is 5.77. The van der Waals surface area contributed by atoms with Crippen molar-refractivity contribution < 1.29 is 36.3 Å². The Hall–Kier alpha value is -2.19. The van der Waals surface area contributed by atoms with Gasteiger partial charge < -0.3 is 10.1 Å². The summed E-state index contributed by atoms with van der Waals surface area (Å²) in [5, 5.41) is 2.62. The average Bonchev–Trinajstić information content (AvgIpc) is 2.55. The molecule has 0 atom stereocenters. The summed E-state index contributed by atoms with van der Waals surface area (Å²) >= 11 is 0. The minimum absolute atomic E-state index is 0.00173. The zero-order chi connectivity index (χ0) is 19.1. The van der Waals surface area contributed by atoms with Crippen LogP contribution in [-0.2, 0) is 9.59 Å². The van der Waals surface area contributed by atoms with Gasteiger partial charge in [0.15, 0.2) is 0 Å². The second kappa shape index (κ2) is 9.33. The molecule has 0 unspecified atom stereocenters. The van der Waals surface area contributed by atoms with Crippen LogP contribution < -0.4 is 10.1 Å². The zero-order valence-electron chi connectivity index (χ0n) is 13.7. The van der Waals surface area contributed by atoms with E-state index < -0.39 is 47.2 Å². The highest BCUT2D eigenvalue weighted by atomic mass is 19.2. The number of hydrogen-bond acceptors (Lipinski definition) is 3. The van der Waals surface area contributed by atoms with Crippen molar-refractivity contribution in [3.05, 3.63) is 29.1 Å². The monoisotopic (exact) mass is 367 g/mol. The van der Waals surface area contributed by atoms with Crippen molar-refractivity contribution >= 4 is 11.9 Å². The number of benzene rings is 1. The molecule has 0 aliphatic heterocycles. The Morgan fingerprint density at radius 3 is 1.96 bits per heavy atom. The number of carbonyl (C=O) groups excluding carboxylic acids is 2. The van der Waals surface area contributed by atoms with Crippen molar-refractivity contribution in [3.8, 4) is 5.75 Å². The fourth-order valence-corrected chi connectivity index (χ4v) is 1.82. The van der Waals surface area contributed by atoms with Crippen LogP contribution in [0.25, 0.3) is 0 Å². The molecular weight excluding hydrogens is 349 g/mol. The van der Waals surface area contributed by atoms with E-state index >= 15 is 0 Å². The van der Waals surface area contributed by atoms with Crippen LogP contribution in [0.15, 0.2) is 0 Å². The van der Waals surface area contributed by atoms with Gasteiger partial charge in [0.1, 0.15) is 0 Å². The molecule has 1 aromatic carbocycles. The molecule has 0 aliphatic carbocycles. The first-order valence-corrected chi connectivity index (χ1v) is 7.64. The molecule has 0 radical (unpaired) electrons. The standard InChI is InChI=1S/C16H18F5NO3/c1-8(2)6-7-22-9(23)4-3-5-10(24)25-16-14(20)12(18)11(17)13(19)15(16)21/h8H,3-7H2,1-2H3,(H,22,23). The van der Waals surface area contributed by atoms with Crippen molar-refractivity contribution in [2.24, 2.45) is 5.92 Å². The Labute approximate surface area is 141 Å². The van der Waals surface area contributed by atoms with Crippen LogP contribution in [0.2, 0.25) is 0 Å². The molecule has 25 heavy (non-hydrogen) atoms. The molecule has 0 saturated heterocycles. The van der Waals surface area contributed by atoms with Crippen LogP contribution in [-0.4, -0.2) is 18.4 Å². The first-order valence-electron chi connectivity index (χ1n) is 7.64. The molecule has 1 amide bonds. The molecule has 0 fully saturated rings. The van der Waals surface area contributed by atoms with Gasteiger partial charge in [-0.1, -0.05) is 13.8 Å². The molecule has 0 bridgehead atoms. The topological polar surface area (TPSA) is 55.4 Å². The third kappa shape index (κ3) is 5.99. The van der Waals surface area contributed by atoms with Gasteiger partial charge in [-0.3, -0.25) is 9.59 Å². The molecule has 9 heteroatoms. The number of rotatable bonds is 8. The maximum absolute atomic E-state index is 13.4. The smallest absolute Gasteiger partial charge is 0.311 e. The largest absolute Gasteiger partial charge is 0.420 e. The lowest BCUT2D eigenvalue weighted by Crippen LogP contribution is -2.25. The maximum atomic E-state index is 13.4. The van der Waals surface area contributed by atoms with Gasteiger partial charge in [-0.2, -0.15) is 8.78 Å². The van der Waals surface area contributed by atoms with Gasteiger partial charge in [0, 0.05) is 19.4 Å². The van der Waals surface area contributed by atoms with Gasteiger partial charge in [0.2, 0.25) is 40.7 Å². The molecule has 4 nitrogen and oxygen atoms in total. The third-order valence-electron chi connectivity index (χ3n) is 3.21. The Morgan fingerprint density at radius 2 is 1.44 bits per heavy atom. The lowest BCUT2D eigenvalue weighted by molar-refractivity contribution is -0.135. The highest BCUT2D eigenvalue weighted by Gasteiger charge is 2.28. The van der Waals surface area contributed by atoms with E-state index in [1.165, 1.54) is 0 Å². The number of halogens is 5. The minimum Gasteiger partial charge on any atom is -0.420 e. The number of esters is 1. The quantitative estimate of drug-likeness (QED) is 0.251. The van der Waals surface area contributed by atoms with E-state index in [1.807, 2.05) is 13.8 Å². The van der Waals surface area contributed by atoms with E-state index in [2.05, 4.69) is 10.1 Å². The minimum atomic E-state index is -2.34. The Balaban J connectivity index is 2.52. The summed E-state index contributed by atoms with van der Waals surface area (Å²) in [4.78, 5) is 23.0. The van der Waals surface area contributed by atoms with E-state index in [9.17, 15) is 31.5 Å². The number of ether oxygens (including phenoxy) is 1. The van der Waals surface area contributed by atoms with Gasteiger partial charge in [-0.05, 0) is 18.8 Å². The van der Waals surface area contributed by atoms with E-state index in [1.54, 1.807) is 0 Å². The summed E-state index contributed by atoms with van der Waals surface area (Å²) in [7, 11) is 0. The summed E-state index contributed by atoms with van der Waals surface area (Å²) in [6, 6.07) is 0. The van der Waals surface area contributed by atoms with Crippen molar-refractivity contribution in [2.75, 3.05) is 6.54 Å². The van der Waals surface area contributed by atoms with Crippen molar-refractivity contribution in [3.63, 3.8) is 0 Å². The maximum Gasteiger partial charge on any atom is 0.311 e. The molecule has 0 saturated carbocycles.